The highest BCUT2D eigenvalue weighted by Gasteiger charge is 2.19. The number of sulfone groups is 1. The van der Waals surface area contributed by atoms with Gasteiger partial charge in [0.25, 0.3) is 0 Å². The van der Waals surface area contributed by atoms with Crippen LogP contribution in [0.1, 0.15) is 6.92 Å². The first kappa shape index (κ1) is 17.9. The number of carbonyl (C=O) groups is 1. The predicted molar refractivity (Wildman–Crippen MR) is 79.0 cm³/mol. The number of amides is 1. The lowest BCUT2D eigenvalue weighted by atomic mass is 10.3. The zero-order valence-corrected chi connectivity index (χ0v) is 13.6. The van der Waals surface area contributed by atoms with Gasteiger partial charge in [-0.05, 0) is 25.1 Å². The SMILES string of the molecule is CC(CS(C)(=O)=O)N(C)C(=O)CSc1ccc(F)c(F)c1. The molecular formula is C13H17F2NO3S2. The van der Waals surface area contributed by atoms with Gasteiger partial charge in [0.15, 0.2) is 11.6 Å². The standard InChI is InChI=1S/C13H17F2NO3S2/c1-9(8-21(3,18)19)16(2)13(17)7-20-10-4-5-11(14)12(15)6-10/h4-6,9H,7-8H2,1-3H3. The van der Waals surface area contributed by atoms with Crippen LogP contribution in [0.2, 0.25) is 0 Å². The van der Waals surface area contributed by atoms with Crippen molar-refractivity contribution in [1.29, 1.82) is 0 Å². The summed E-state index contributed by atoms with van der Waals surface area (Å²) in [5, 5.41) is 0. The summed E-state index contributed by atoms with van der Waals surface area (Å²) < 4.78 is 48.2. The van der Waals surface area contributed by atoms with E-state index in [9.17, 15) is 22.0 Å². The topological polar surface area (TPSA) is 54.5 Å². The Labute approximate surface area is 127 Å². The van der Waals surface area contributed by atoms with Crippen molar-refractivity contribution >= 4 is 27.5 Å². The van der Waals surface area contributed by atoms with Crippen LogP contribution in [0.15, 0.2) is 23.1 Å². The maximum Gasteiger partial charge on any atom is 0.232 e. The second kappa shape index (κ2) is 7.22. The van der Waals surface area contributed by atoms with E-state index in [1.54, 1.807) is 6.92 Å². The van der Waals surface area contributed by atoms with Crippen molar-refractivity contribution in [2.24, 2.45) is 0 Å². The molecule has 0 heterocycles. The van der Waals surface area contributed by atoms with E-state index in [1.165, 1.54) is 18.0 Å². The molecule has 0 aliphatic rings. The van der Waals surface area contributed by atoms with E-state index in [0.29, 0.717) is 4.90 Å². The fourth-order valence-electron chi connectivity index (χ4n) is 1.61. The molecule has 0 saturated heterocycles. The highest BCUT2D eigenvalue weighted by atomic mass is 32.2. The van der Waals surface area contributed by atoms with E-state index in [4.69, 9.17) is 0 Å². The molecular weight excluding hydrogens is 320 g/mol. The molecule has 0 aromatic heterocycles. The molecule has 21 heavy (non-hydrogen) atoms. The number of nitrogens with zero attached hydrogens (tertiary/aromatic N) is 1. The van der Waals surface area contributed by atoms with Gasteiger partial charge in [0.05, 0.1) is 11.5 Å². The molecule has 1 rings (SSSR count). The van der Waals surface area contributed by atoms with Crippen molar-refractivity contribution in [3.63, 3.8) is 0 Å². The molecule has 1 aromatic carbocycles. The predicted octanol–water partition coefficient (Wildman–Crippen LogP) is 1.95. The van der Waals surface area contributed by atoms with Gasteiger partial charge in [-0.25, -0.2) is 17.2 Å². The smallest absolute Gasteiger partial charge is 0.232 e. The van der Waals surface area contributed by atoms with Crippen molar-refractivity contribution in [3.05, 3.63) is 29.8 Å². The molecule has 118 valence electrons. The van der Waals surface area contributed by atoms with Crippen LogP contribution in [-0.2, 0) is 14.6 Å². The number of benzene rings is 1. The lowest BCUT2D eigenvalue weighted by molar-refractivity contribution is -0.128. The van der Waals surface area contributed by atoms with E-state index in [1.807, 2.05) is 0 Å². The average molecular weight is 337 g/mol. The van der Waals surface area contributed by atoms with Crippen LogP contribution in [0.5, 0.6) is 0 Å². The Hall–Kier alpha value is -1.15. The molecule has 0 bridgehead atoms. The van der Waals surface area contributed by atoms with E-state index >= 15 is 0 Å². The molecule has 0 N–H and O–H groups in total. The number of carbonyl (C=O) groups excluding carboxylic acids is 1. The molecule has 1 atom stereocenters. The third-order valence-electron chi connectivity index (χ3n) is 2.85. The van der Waals surface area contributed by atoms with Crippen LogP contribution in [-0.4, -0.2) is 50.1 Å². The monoisotopic (exact) mass is 337 g/mol. The van der Waals surface area contributed by atoms with Crippen LogP contribution in [0.25, 0.3) is 0 Å². The Morgan fingerprint density at radius 2 is 1.95 bits per heavy atom. The molecule has 0 radical (unpaired) electrons. The van der Waals surface area contributed by atoms with Crippen molar-refractivity contribution in [1.82, 2.24) is 4.90 Å². The number of thioether (sulfide) groups is 1. The third kappa shape index (κ3) is 6.01. The second-order valence-electron chi connectivity index (χ2n) is 4.81. The van der Waals surface area contributed by atoms with Crippen molar-refractivity contribution in [2.75, 3.05) is 24.8 Å². The number of rotatable bonds is 6. The second-order valence-corrected chi connectivity index (χ2v) is 8.04. The highest BCUT2D eigenvalue weighted by molar-refractivity contribution is 8.00. The minimum absolute atomic E-state index is 0.0235. The van der Waals surface area contributed by atoms with Gasteiger partial charge in [-0.3, -0.25) is 4.79 Å². The van der Waals surface area contributed by atoms with Gasteiger partial charge in [-0.2, -0.15) is 0 Å². The molecule has 0 aliphatic heterocycles. The van der Waals surface area contributed by atoms with E-state index in [-0.39, 0.29) is 17.4 Å². The van der Waals surface area contributed by atoms with Gasteiger partial charge in [0.2, 0.25) is 5.91 Å². The van der Waals surface area contributed by atoms with Crippen molar-refractivity contribution < 1.29 is 22.0 Å². The summed E-state index contributed by atoms with van der Waals surface area (Å²) in [6, 6.07) is 2.96. The molecule has 1 unspecified atom stereocenters. The molecule has 1 amide bonds. The van der Waals surface area contributed by atoms with Gasteiger partial charge in [0, 0.05) is 24.2 Å². The van der Waals surface area contributed by atoms with Crippen LogP contribution < -0.4 is 0 Å². The minimum atomic E-state index is -3.17. The molecule has 0 fully saturated rings. The molecule has 0 aliphatic carbocycles. The quantitative estimate of drug-likeness (QED) is 0.745. The summed E-state index contributed by atoms with van der Waals surface area (Å²) in [5.41, 5.74) is 0. The Bertz CT molecular complexity index is 620. The van der Waals surface area contributed by atoms with Gasteiger partial charge < -0.3 is 4.90 Å². The number of hydrogen-bond donors (Lipinski definition) is 0. The average Bonchev–Trinajstić information content (AvgIpc) is 2.36. The first-order chi connectivity index (χ1) is 9.60. The summed E-state index contributed by atoms with van der Waals surface area (Å²) in [6.07, 6.45) is 1.11. The van der Waals surface area contributed by atoms with Gasteiger partial charge in [0.1, 0.15) is 9.84 Å². The Morgan fingerprint density at radius 3 is 2.48 bits per heavy atom. The van der Waals surface area contributed by atoms with Crippen LogP contribution in [0.3, 0.4) is 0 Å². The number of halogens is 2. The lowest BCUT2D eigenvalue weighted by Crippen LogP contribution is -2.40. The van der Waals surface area contributed by atoms with Gasteiger partial charge >= 0.3 is 0 Å². The largest absolute Gasteiger partial charge is 0.341 e. The maximum atomic E-state index is 13.0. The van der Waals surface area contributed by atoms with E-state index in [0.717, 1.165) is 30.2 Å². The first-order valence-corrected chi connectivity index (χ1v) is 9.16. The fourth-order valence-corrected chi connectivity index (χ4v) is 3.55. The summed E-state index contributed by atoms with van der Waals surface area (Å²) >= 11 is 1.07. The molecule has 0 spiro atoms. The normalized spacial score (nSPS) is 13.0. The summed E-state index contributed by atoms with van der Waals surface area (Å²) in [4.78, 5) is 13.7. The zero-order valence-electron chi connectivity index (χ0n) is 12.0. The molecule has 8 heteroatoms. The fraction of sp³-hybridized carbons (Fsp3) is 0.462. The lowest BCUT2D eigenvalue weighted by Gasteiger charge is -2.24. The summed E-state index contributed by atoms with van der Waals surface area (Å²) in [6.45, 7) is 1.64. The van der Waals surface area contributed by atoms with Crippen molar-refractivity contribution in [2.45, 2.75) is 17.9 Å². The third-order valence-corrected chi connectivity index (χ3v) is 4.92. The van der Waals surface area contributed by atoms with E-state index < -0.39 is 27.5 Å². The zero-order chi connectivity index (χ0) is 16.2. The van der Waals surface area contributed by atoms with E-state index in [2.05, 4.69) is 0 Å². The van der Waals surface area contributed by atoms with Crippen LogP contribution in [0, 0.1) is 11.6 Å². The first-order valence-electron chi connectivity index (χ1n) is 6.11. The summed E-state index contributed by atoms with van der Waals surface area (Å²) in [5.74, 6) is -2.28. The summed E-state index contributed by atoms with van der Waals surface area (Å²) in [7, 11) is -1.65. The molecule has 0 saturated carbocycles. The maximum absolute atomic E-state index is 13.0. The van der Waals surface area contributed by atoms with Gasteiger partial charge in [-0.1, -0.05) is 0 Å². The van der Waals surface area contributed by atoms with Gasteiger partial charge in [-0.15, -0.1) is 11.8 Å². The Balaban J connectivity index is 2.58. The Morgan fingerprint density at radius 1 is 1.33 bits per heavy atom. The van der Waals surface area contributed by atoms with Crippen molar-refractivity contribution in [3.8, 4) is 0 Å². The van der Waals surface area contributed by atoms with Crippen LogP contribution in [0.4, 0.5) is 8.78 Å². The Kier molecular flexibility index (Phi) is 6.15. The highest BCUT2D eigenvalue weighted by Crippen LogP contribution is 2.21. The molecule has 4 nitrogen and oxygen atoms in total. The molecule has 1 aromatic rings. The minimum Gasteiger partial charge on any atom is -0.341 e. The number of hydrogen-bond acceptors (Lipinski definition) is 4. The van der Waals surface area contributed by atoms with Crippen LogP contribution >= 0.6 is 11.8 Å².